The monoisotopic (exact) mass is 529 g/mol. The number of phenols is 4. The number of carbonyl (C=O) groups is 1. The number of aliphatic hydroxyl groups is 3. The minimum absolute atomic E-state index is 0.00314. The summed E-state index contributed by atoms with van der Waals surface area (Å²) in [5.41, 5.74) is 4.68. The van der Waals surface area contributed by atoms with Gasteiger partial charge in [0.25, 0.3) is 0 Å². The van der Waals surface area contributed by atoms with E-state index in [2.05, 4.69) is 0 Å². The molecular weight excluding hydrogens is 498 g/mol. The molecule has 5 rings (SSSR count). The van der Waals surface area contributed by atoms with Crippen LogP contribution in [-0.4, -0.2) is 78.8 Å². The van der Waals surface area contributed by atoms with Gasteiger partial charge in [-0.3, -0.25) is 4.79 Å². The van der Waals surface area contributed by atoms with Crippen LogP contribution in [0.25, 0.3) is 21.5 Å². The van der Waals surface area contributed by atoms with E-state index in [4.69, 9.17) is 15.2 Å². The van der Waals surface area contributed by atoms with E-state index in [1.807, 2.05) is 0 Å². The number of fused-ring (bicyclic) bond motifs is 3. The van der Waals surface area contributed by atoms with Crippen molar-refractivity contribution in [1.29, 1.82) is 0 Å². The third-order valence-electron chi connectivity index (χ3n) is 7.82. The zero-order valence-electron chi connectivity index (χ0n) is 20.7. The summed E-state index contributed by atoms with van der Waals surface area (Å²) < 4.78 is 11.9. The molecule has 6 atom stereocenters. The second-order valence-electron chi connectivity index (χ2n) is 10.3. The van der Waals surface area contributed by atoms with E-state index in [1.54, 1.807) is 6.92 Å². The van der Waals surface area contributed by atoms with E-state index in [-0.39, 0.29) is 70.5 Å². The molecule has 204 valence electrons. The van der Waals surface area contributed by atoms with E-state index in [1.165, 1.54) is 18.2 Å². The van der Waals surface area contributed by atoms with Gasteiger partial charge in [-0.05, 0) is 13.3 Å². The van der Waals surface area contributed by atoms with Gasteiger partial charge < -0.3 is 51.0 Å². The molecule has 3 aromatic rings. The largest absolute Gasteiger partial charge is 0.507 e. The summed E-state index contributed by atoms with van der Waals surface area (Å²) in [5.74, 6) is -1.99. The summed E-state index contributed by atoms with van der Waals surface area (Å²) in [6.45, 7) is 1.27. The van der Waals surface area contributed by atoms with Crippen LogP contribution in [0.1, 0.15) is 53.8 Å². The Bertz CT molecular complexity index is 1410. The molecule has 0 saturated carbocycles. The van der Waals surface area contributed by atoms with Crippen molar-refractivity contribution in [3.63, 3.8) is 0 Å². The lowest BCUT2D eigenvalue weighted by Crippen LogP contribution is -2.52. The molecule has 0 aromatic heterocycles. The van der Waals surface area contributed by atoms with E-state index in [0.29, 0.717) is 6.29 Å². The Balaban J connectivity index is 1.75. The number of hydrogen-bond donors (Lipinski definition) is 8. The van der Waals surface area contributed by atoms with Gasteiger partial charge in [0.05, 0.1) is 34.7 Å². The van der Waals surface area contributed by atoms with Crippen molar-refractivity contribution in [1.82, 2.24) is 0 Å². The highest BCUT2D eigenvalue weighted by Crippen LogP contribution is 2.56. The first-order chi connectivity index (χ1) is 18.0. The molecule has 38 heavy (non-hydrogen) atoms. The first-order valence-corrected chi connectivity index (χ1v) is 12.4. The lowest BCUT2D eigenvalue weighted by atomic mass is 9.75. The summed E-state index contributed by atoms with van der Waals surface area (Å²) in [6, 6.07) is 3.75. The topological polar surface area (TPSA) is 203 Å². The SMILES string of the molecule is CC1O[C@@H](O[C@H]2C[C@](O)(CCO)Cc3c2c(O)c2c(O)c4c(C=O)cccc4c(O)c2c3O)C[C@@H](N)[C@@H]1O. The van der Waals surface area contributed by atoms with E-state index in [0.717, 1.165) is 0 Å². The normalized spacial score (nSPS) is 29.4. The molecule has 0 amide bonds. The Kier molecular flexibility index (Phi) is 6.62. The van der Waals surface area contributed by atoms with E-state index >= 15 is 0 Å². The van der Waals surface area contributed by atoms with E-state index in [9.17, 15) is 40.5 Å². The number of phenolic OH excluding ortho intramolecular Hbond substituents is 4. The number of rotatable bonds is 5. The van der Waals surface area contributed by atoms with Crippen LogP contribution in [0.5, 0.6) is 23.0 Å². The molecule has 11 nitrogen and oxygen atoms in total. The molecule has 1 fully saturated rings. The van der Waals surface area contributed by atoms with Gasteiger partial charge in [-0.25, -0.2) is 0 Å². The fraction of sp³-hybridized carbons (Fsp3) is 0.444. The van der Waals surface area contributed by atoms with Crippen LogP contribution in [-0.2, 0) is 15.9 Å². The third kappa shape index (κ3) is 4.03. The predicted octanol–water partition coefficient (Wildman–Crippen LogP) is 1.57. The van der Waals surface area contributed by atoms with Gasteiger partial charge in [0, 0.05) is 59.4 Å². The lowest BCUT2D eigenvalue weighted by Gasteiger charge is -2.42. The number of aromatic hydroxyl groups is 4. The van der Waals surface area contributed by atoms with Crippen LogP contribution in [0.2, 0.25) is 0 Å². The fourth-order valence-corrected chi connectivity index (χ4v) is 5.89. The van der Waals surface area contributed by atoms with Gasteiger partial charge in [-0.2, -0.15) is 0 Å². The van der Waals surface area contributed by atoms with Crippen LogP contribution in [0.4, 0.5) is 0 Å². The Hall–Kier alpha value is -3.19. The van der Waals surface area contributed by atoms with Crippen LogP contribution < -0.4 is 5.73 Å². The van der Waals surface area contributed by atoms with Gasteiger partial charge in [-0.1, -0.05) is 18.2 Å². The Morgan fingerprint density at radius 2 is 1.82 bits per heavy atom. The highest BCUT2D eigenvalue weighted by atomic mass is 16.7. The summed E-state index contributed by atoms with van der Waals surface area (Å²) in [6.07, 6.45) is -3.35. The molecular formula is C27H31NO10. The summed E-state index contributed by atoms with van der Waals surface area (Å²) in [5, 5.41) is 75.8. The second kappa shape index (κ2) is 9.53. The zero-order valence-corrected chi connectivity index (χ0v) is 20.7. The van der Waals surface area contributed by atoms with Crippen molar-refractivity contribution in [3.8, 4) is 23.0 Å². The molecule has 9 N–H and O–H groups in total. The molecule has 1 saturated heterocycles. The van der Waals surface area contributed by atoms with Crippen molar-refractivity contribution in [2.75, 3.05) is 6.61 Å². The van der Waals surface area contributed by atoms with Crippen LogP contribution in [0.15, 0.2) is 18.2 Å². The molecule has 0 bridgehead atoms. The van der Waals surface area contributed by atoms with Crippen molar-refractivity contribution >= 4 is 27.8 Å². The molecule has 0 radical (unpaired) electrons. The minimum atomic E-state index is -1.55. The molecule has 0 spiro atoms. The summed E-state index contributed by atoms with van der Waals surface area (Å²) >= 11 is 0. The van der Waals surface area contributed by atoms with E-state index < -0.39 is 59.2 Å². The third-order valence-corrected chi connectivity index (χ3v) is 7.82. The maximum atomic E-state index is 11.7. The molecule has 1 unspecified atom stereocenters. The first kappa shape index (κ1) is 26.4. The molecule has 1 aliphatic heterocycles. The van der Waals surface area contributed by atoms with Crippen LogP contribution in [0.3, 0.4) is 0 Å². The molecule has 11 heteroatoms. The fourth-order valence-electron chi connectivity index (χ4n) is 5.89. The first-order valence-electron chi connectivity index (χ1n) is 12.4. The van der Waals surface area contributed by atoms with Crippen molar-refractivity contribution in [3.05, 3.63) is 34.9 Å². The average Bonchev–Trinajstić information content (AvgIpc) is 2.87. The van der Waals surface area contributed by atoms with Crippen molar-refractivity contribution in [2.24, 2.45) is 5.73 Å². The summed E-state index contributed by atoms with van der Waals surface area (Å²) in [7, 11) is 0. The van der Waals surface area contributed by atoms with Crippen molar-refractivity contribution in [2.45, 2.75) is 68.9 Å². The number of aldehydes is 1. The Morgan fingerprint density at radius 3 is 2.47 bits per heavy atom. The van der Waals surface area contributed by atoms with Gasteiger partial charge in [-0.15, -0.1) is 0 Å². The predicted molar refractivity (Wildman–Crippen MR) is 135 cm³/mol. The molecule has 1 aliphatic carbocycles. The summed E-state index contributed by atoms with van der Waals surface area (Å²) in [4.78, 5) is 11.7. The second-order valence-corrected chi connectivity index (χ2v) is 10.3. The van der Waals surface area contributed by atoms with Gasteiger partial charge in [0.1, 0.15) is 23.0 Å². The zero-order chi connectivity index (χ0) is 27.5. The average molecular weight is 530 g/mol. The maximum Gasteiger partial charge on any atom is 0.160 e. The number of aliphatic hydroxyl groups excluding tert-OH is 2. The van der Waals surface area contributed by atoms with Gasteiger partial charge in [0.2, 0.25) is 0 Å². The number of ether oxygens (including phenoxy) is 2. The molecule has 1 heterocycles. The van der Waals surface area contributed by atoms with Crippen molar-refractivity contribution < 1.29 is 50.0 Å². The minimum Gasteiger partial charge on any atom is -0.507 e. The maximum absolute atomic E-state index is 11.7. The standard InChI is InChI=1S/C27H31NO10/c1-11-22(31)15(28)7-17(37-11)38-16-9-27(36,5-6-29)8-14-19(16)26(35)21-20(24(14)33)23(32)13-4-2-3-12(10-30)18(13)25(21)34/h2-4,10-11,15-17,22,29,31-36H,5-9,28H2,1H3/t11?,15-,16+,17+,22-,27+/m1/s1. The number of hydrogen-bond acceptors (Lipinski definition) is 11. The number of nitrogens with two attached hydrogens (primary N) is 1. The van der Waals surface area contributed by atoms with Gasteiger partial charge >= 0.3 is 0 Å². The van der Waals surface area contributed by atoms with Gasteiger partial charge in [0.15, 0.2) is 12.6 Å². The molecule has 3 aromatic carbocycles. The highest BCUT2D eigenvalue weighted by Gasteiger charge is 2.44. The van der Waals surface area contributed by atoms with Crippen LogP contribution >= 0.6 is 0 Å². The smallest absolute Gasteiger partial charge is 0.160 e. The van der Waals surface area contributed by atoms with Crippen LogP contribution in [0, 0.1) is 0 Å². The highest BCUT2D eigenvalue weighted by molar-refractivity contribution is 6.18. The Morgan fingerprint density at radius 1 is 1.11 bits per heavy atom. The quantitative estimate of drug-likeness (QED) is 0.135. The number of benzene rings is 3. The lowest BCUT2D eigenvalue weighted by molar-refractivity contribution is -0.248. The Labute approximate surface area is 217 Å². The number of carbonyl (C=O) groups excluding carboxylic acids is 1. The molecule has 2 aliphatic rings.